The Morgan fingerprint density at radius 1 is 1.12 bits per heavy atom. The lowest BCUT2D eigenvalue weighted by molar-refractivity contribution is 0.0936. The Bertz CT molecular complexity index is 801. The molecule has 5 nitrogen and oxygen atoms in total. The molecule has 2 aromatic rings. The van der Waals surface area contributed by atoms with Crippen LogP contribution in [0.2, 0.25) is 0 Å². The predicted molar refractivity (Wildman–Crippen MR) is 93.9 cm³/mol. The van der Waals surface area contributed by atoms with E-state index in [9.17, 15) is 9.18 Å². The molecular weight excluding hydrogens is 335 g/mol. The number of hydrogen-bond donors (Lipinski definition) is 1. The van der Waals surface area contributed by atoms with E-state index in [1.165, 1.54) is 30.3 Å². The highest BCUT2D eigenvalue weighted by Crippen LogP contribution is 2.43. The lowest BCUT2D eigenvalue weighted by Gasteiger charge is -2.38. The molecule has 1 N–H and O–H groups in total. The minimum atomic E-state index is -0.592. The number of benzene rings is 1. The molecule has 1 amide bonds. The van der Waals surface area contributed by atoms with Gasteiger partial charge in [0.05, 0.1) is 5.56 Å². The average molecular weight is 356 g/mol. The maximum atomic E-state index is 13.0. The first-order valence-corrected chi connectivity index (χ1v) is 8.96. The van der Waals surface area contributed by atoms with Crippen LogP contribution in [0.25, 0.3) is 0 Å². The second kappa shape index (κ2) is 6.94. The summed E-state index contributed by atoms with van der Waals surface area (Å²) < 4.78 is 23.9. The van der Waals surface area contributed by atoms with Crippen LogP contribution in [0, 0.1) is 5.95 Å². The Kier molecular flexibility index (Phi) is 4.49. The van der Waals surface area contributed by atoms with Crippen LogP contribution in [0.3, 0.4) is 0 Å². The summed E-state index contributed by atoms with van der Waals surface area (Å²) in [4.78, 5) is 16.0. The van der Waals surface area contributed by atoms with Gasteiger partial charge in [-0.15, -0.1) is 0 Å². The fraction of sp³-hybridized carbons (Fsp3) is 0.400. The zero-order chi connectivity index (χ0) is 18.0. The van der Waals surface area contributed by atoms with Crippen molar-refractivity contribution in [3.63, 3.8) is 0 Å². The van der Waals surface area contributed by atoms with Gasteiger partial charge < -0.3 is 14.8 Å². The summed E-state index contributed by atoms with van der Waals surface area (Å²) in [6.07, 6.45) is 6.74. The summed E-state index contributed by atoms with van der Waals surface area (Å²) in [7, 11) is 0. The van der Waals surface area contributed by atoms with Crippen LogP contribution in [0.5, 0.6) is 11.5 Å². The van der Waals surface area contributed by atoms with Gasteiger partial charge in [0.25, 0.3) is 5.91 Å². The molecule has 0 bridgehead atoms. The van der Waals surface area contributed by atoms with E-state index in [2.05, 4.69) is 16.4 Å². The van der Waals surface area contributed by atoms with E-state index in [1.807, 2.05) is 12.1 Å². The van der Waals surface area contributed by atoms with E-state index in [1.54, 1.807) is 0 Å². The number of nitrogens with one attached hydrogen (secondary N) is 1. The molecule has 1 aromatic heterocycles. The number of hydrogen-bond acceptors (Lipinski definition) is 4. The number of nitrogens with zero attached hydrogens (tertiary/aromatic N) is 1. The Morgan fingerprint density at radius 2 is 1.92 bits per heavy atom. The number of carbonyl (C=O) groups is 1. The Hall–Kier alpha value is -2.63. The van der Waals surface area contributed by atoms with Crippen molar-refractivity contribution >= 4 is 5.91 Å². The highest BCUT2D eigenvalue weighted by Gasteiger charge is 2.35. The first-order chi connectivity index (χ1) is 12.7. The van der Waals surface area contributed by atoms with Crippen molar-refractivity contribution in [2.24, 2.45) is 0 Å². The van der Waals surface area contributed by atoms with Crippen LogP contribution in [0.1, 0.15) is 48.0 Å². The normalized spacial score (nSPS) is 17.7. The third-order valence-electron chi connectivity index (χ3n) is 5.37. The van der Waals surface area contributed by atoms with Gasteiger partial charge in [0, 0.05) is 18.2 Å². The van der Waals surface area contributed by atoms with E-state index in [4.69, 9.17) is 9.47 Å². The molecule has 0 spiro atoms. The maximum absolute atomic E-state index is 13.0. The molecule has 2 heterocycles. The van der Waals surface area contributed by atoms with Crippen molar-refractivity contribution in [1.29, 1.82) is 0 Å². The molecule has 0 unspecified atom stereocenters. The fourth-order valence-electron chi connectivity index (χ4n) is 3.88. The summed E-state index contributed by atoms with van der Waals surface area (Å²) in [6.45, 7) is 0.781. The third-order valence-corrected chi connectivity index (χ3v) is 5.37. The molecule has 0 saturated heterocycles. The summed E-state index contributed by atoms with van der Waals surface area (Å²) in [6, 6.07) is 8.71. The average Bonchev–Trinajstić information content (AvgIpc) is 3.15. The van der Waals surface area contributed by atoms with Gasteiger partial charge in [-0.3, -0.25) is 4.79 Å². The summed E-state index contributed by atoms with van der Waals surface area (Å²) in [5.74, 6) is 0.705. The number of fused-ring (bicyclic) bond motifs is 1. The SMILES string of the molecule is O=C(NCC1(c2ccc3c(c2)OCO3)CCCCC1)c1ccc(F)nc1. The standard InChI is InChI=1S/C20H21FN2O3/c21-18-7-4-14(11-22-18)19(24)23-12-20(8-2-1-3-9-20)15-5-6-16-17(10-15)26-13-25-16/h4-7,10-11H,1-3,8-9,12-13H2,(H,23,24). The molecular formula is C20H21FN2O3. The molecule has 1 aliphatic heterocycles. The van der Waals surface area contributed by atoms with Gasteiger partial charge >= 0.3 is 0 Å². The highest BCUT2D eigenvalue weighted by molar-refractivity contribution is 5.93. The van der Waals surface area contributed by atoms with Crippen LogP contribution in [-0.2, 0) is 5.41 Å². The number of pyridine rings is 1. The number of aromatic nitrogens is 1. The second-order valence-electron chi connectivity index (χ2n) is 6.96. The Balaban J connectivity index is 1.55. The predicted octanol–water partition coefficient (Wildman–Crippen LogP) is 3.58. The maximum Gasteiger partial charge on any atom is 0.252 e. The summed E-state index contributed by atoms with van der Waals surface area (Å²) in [5, 5.41) is 3.02. The van der Waals surface area contributed by atoms with E-state index < -0.39 is 5.95 Å². The third kappa shape index (κ3) is 3.23. The quantitative estimate of drug-likeness (QED) is 0.851. The van der Waals surface area contributed by atoms with Gasteiger partial charge in [-0.1, -0.05) is 25.3 Å². The molecule has 1 aromatic carbocycles. The molecule has 6 heteroatoms. The van der Waals surface area contributed by atoms with Gasteiger partial charge in [0.1, 0.15) is 0 Å². The monoisotopic (exact) mass is 356 g/mol. The zero-order valence-electron chi connectivity index (χ0n) is 14.5. The van der Waals surface area contributed by atoms with Crippen molar-refractivity contribution < 1.29 is 18.7 Å². The molecule has 0 radical (unpaired) electrons. The lowest BCUT2D eigenvalue weighted by atomic mass is 9.69. The van der Waals surface area contributed by atoms with Gasteiger partial charge in [-0.25, -0.2) is 4.98 Å². The minimum absolute atomic E-state index is 0.123. The van der Waals surface area contributed by atoms with Crippen molar-refractivity contribution in [3.8, 4) is 11.5 Å². The molecule has 0 atom stereocenters. The molecule has 1 saturated carbocycles. The van der Waals surface area contributed by atoms with E-state index in [0.29, 0.717) is 12.1 Å². The van der Waals surface area contributed by atoms with Crippen LogP contribution in [-0.4, -0.2) is 24.2 Å². The van der Waals surface area contributed by atoms with Gasteiger partial charge in [0.2, 0.25) is 12.7 Å². The number of amides is 1. The molecule has 136 valence electrons. The molecule has 2 aliphatic rings. The Morgan fingerprint density at radius 3 is 2.69 bits per heavy atom. The Labute approximate surface area is 151 Å². The van der Waals surface area contributed by atoms with Crippen LogP contribution in [0.4, 0.5) is 4.39 Å². The van der Waals surface area contributed by atoms with E-state index in [-0.39, 0.29) is 18.1 Å². The summed E-state index contributed by atoms with van der Waals surface area (Å²) >= 11 is 0. The largest absolute Gasteiger partial charge is 0.454 e. The lowest BCUT2D eigenvalue weighted by Crippen LogP contribution is -2.42. The van der Waals surface area contributed by atoms with Crippen molar-refractivity contribution in [2.45, 2.75) is 37.5 Å². The number of rotatable bonds is 4. The molecule has 26 heavy (non-hydrogen) atoms. The molecule has 1 aliphatic carbocycles. The van der Waals surface area contributed by atoms with E-state index >= 15 is 0 Å². The van der Waals surface area contributed by atoms with Gasteiger partial charge in [-0.2, -0.15) is 4.39 Å². The van der Waals surface area contributed by atoms with Crippen molar-refractivity contribution in [3.05, 3.63) is 53.6 Å². The number of carbonyl (C=O) groups excluding carboxylic acids is 1. The molecule has 4 rings (SSSR count). The molecule has 1 fully saturated rings. The van der Waals surface area contributed by atoms with Crippen molar-refractivity contribution in [2.75, 3.05) is 13.3 Å². The number of halogens is 1. The minimum Gasteiger partial charge on any atom is -0.454 e. The first kappa shape index (κ1) is 16.8. The zero-order valence-corrected chi connectivity index (χ0v) is 14.5. The van der Waals surface area contributed by atoms with Gasteiger partial charge in [0.15, 0.2) is 11.5 Å². The van der Waals surface area contributed by atoms with Crippen molar-refractivity contribution in [1.82, 2.24) is 10.3 Å². The van der Waals surface area contributed by atoms with Gasteiger partial charge in [-0.05, 0) is 42.7 Å². The topological polar surface area (TPSA) is 60.5 Å². The smallest absolute Gasteiger partial charge is 0.252 e. The van der Waals surface area contributed by atoms with Crippen LogP contribution >= 0.6 is 0 Å². The summed E-state index contributed by atoms with van der Waals surface area (Å²) in [5.41, 5.74) is 1.41. The number of ether oxygens (including phenoxy) is 2. The highest BCUT2D eigenvalue weighted by atomic mass is 19.1. The van der Waals surface area contributed by atoms with Crippen LogP contribution in [0.15, 0.2) is 36.5 Å². The first-order valence-electron chi connectivity index (χ1n) is 8.96. The second-order valence-corrected chi connectivity index (χ2v) is 6.96. The van der Waals surface area contributed by atoms with Crippen LogP contribution < -0.4 is 14.8 Å². The fourth-order valence-corrected chi connectivity index (χ4v) is 3.88. The van der Waals surface area contributed by atoms with E-state index in [0.717, 1.165) is 37.2 Å².